The van der Waals surface area contributed by atoms with Crippen LogP contribution in [0.25, 0.3) is 11.1 Å². The van der Waals surface area contributed by atoms with Crippen molar-refractivity contribution in [1.29, 1.82) is 0 Å². The summed E-state index contributed by atoms with van der Waals surface area (Å²) in [5, 5.41) is 27.0. The number of likely N-dealkylation sites (tertiary alicyclic amines) is 2. The fraction of sp³-hybridized carbons (Fsp3) is 0.465. The number of rotatable bonds is 14. The highest BCUT2D eigenvalue weighted by molar-refractivity contribution is 5.85. The van der Waals surface area contributed by atoms with E-state index >= 15 is 0 Å². The van der Waals surface area contributed by atoms with Crippen molar-refractivity contribution in [2.75, 3.05) is 107 Å². The third kappa shape index (κ3) is 22.7. The van der Waals surface area contributed by atoms with Crippen LogP contribution >= 0.6 is 0 Å². The maximum atomic E-state index is 14.6. The third-order valence-corrected chi connectivity index (χ3v) is 21.1. The molecule has 0 unspecified atom stereocenters. The monoisotopic (exact) mass is 1620 g/mol. The van der Waals surface area contributed by atoms with Gasteiger partial charge in [0.05, 0.1) is 50.5 Å². The van der Waals surface area contributed by atoms with Crippen LogP contribution in [-0.2, 0) is 43.2 Å². The molecule has 0 bridgehead atoms. The molecular weight excluding hydrogens is 1520 g/mol. The summed E-state index contributed by atoms with van der Waals surface area (Å²) < 4.78 is 136. The SMILES string of the molecule is CN(C(=O)N1CC(c2cc(F)ccc2F)=C[C@@]1(CO)c1ccccc1)[C@@H]1CCNC[C@@H]1F.CN(C(=O)N1CC(c2cc(F)ccc2F)=C[C@@]1(CO)c1ccccc1)[C@@H]1CCNC[C@H]1F.CN(C(=O)OC(C)(C)C)[C@@H]1CCN(C(=O)OCc2ccccc2)C[C@@H]1F.CN(C(=O)OC(C)(C)C)[C@@H]1CCN(C(=O)OCc2ccccc2)C[C@H]1F. The number of halogens is 8. The topological polar surface area (TPSA) is 230 Å². The minimum Gasteiger partial charge on any atom is -0.445 e. The molecule has 0 spiro atoms. The highest BCUT2D eigenvalue weighted by Gasteiger charge is 2.50. The van der Waals surface area contributed by atoms with E-state index in [1.54, 1.807) is 128 Å². The standard InChI is InChI=1S/2C24H26F3N3O2.2C19H27FN2O4/c2*1-29(22-9-10-28-13-21(22)27)23(32)30-14-16(19-11-18(25)7-8-20(19)26)12-24(30,15-31)17-5-3-2-4-6-17;2*1-19(2,3)26-17(23)21(4)16-10-11-22(12-15(16)20)18(24)25-13-14-8-6-5-7-9-14/h2*2-8,11-12,21-22,28,31H,9-10,13-15H2,1H3;2*5-9,15-16H,10-13H2,1-4H3/t21-,22+,24+;21-,22-,24-;15-,16+;15-,16-/m0101/s1. The van der Waals surface area contributed by atoms with Gasteiger partial charge in [-0.15, -0.1) is 0 Å². The predicted molar refractivity (Wildman–Crippen MR) is 422 cm³/mol. The molecule has 116 heavy (non-hydrogen) atoms. The second kappa shape index (κ2) is 40.0. The fourth-order valence-corrected chi connectivity index (χ4v) is 14.8. The quantitative estimate of drug-likeness (QED) is 0.0587. The van der Waals surface area contributed by atoms with E-state index in [-0.39, 0.29) is 63.6 Å². The lowest BCUT2D eigenvalue weighted by Gasteiger charge is -2.42. The number of carbonyl (C=O) groups excluding carboxylic acids is 6. The van der Waals surface area contributed by atoms with E-state index in [4.69, 9.17) is 18.9 Å². The first-order valence-electron chi connectivity index (χ1n) is 38.7. The molecule has 22 nitrogen and oxygen atoms in total. The number of hydrogen-bond donors (Lipinski definition) is 4. The summed E-state index contributed by atoms with van der Waals surface area (Å²) >= 11 is 0. The lowest BCUT2D eigenvalue weighted by Crippen LogP contribution is -2.58. The normalized spacial score (nSPS) is 23.2. The summed E-state index contributed by atoms with van der Waals surface area (Å²) in [5.41, 5.74) is -0.0565. The van der Waals surface area contributed by atoms with E-state index in [2.05, 4.69) is 10.6 Å². The molecule has 6 aliphatic heterocycles. The highest BCUT2D eigenvalue weighted by atomic mass is 19.2. The molecule has 6 aliphatic rings. The molecule has 10 atom stereocenters. The number of benzene rings is 6. The van der Waals surface area contributed by atoms with Crippen molar-refractivity contribution < 1.29 is 93.1 Å². The summed E-state index contributed by atoms with van der Waals surface area (Å²) in [5.74, 6) is -2.45. The predicted octanol–water partition coefficient (Wildman–Crippen LogP) is 13.8. The Kier molecular flexibility index (Phi) is 30.9. The number of amides is 8. The molecular formula is C86H106F8N10O12. The Bertz CT molecular complexity index is 4070. The first kappa shape index (κ1) is 89.6. The lowest BCUT2D eigenvalue weighted by atomic mass is 9.89. The third-order valence-electron chi connectivity index (χ3n) is 21.1. The van der Waals surface area contributed by atoms with Crippen LogP contribution in [0.4, 0.5) is 63.9 Å². The van der Waals surface area contributed by atoms with Gasteiger partial charge in [0.25, 0.3) is 0 Å². The van der Waals surface area contributed by atoms with Gasteiger partial charge in [0.1, 0.15) is 83.4 Å². The van der Waals surface area contributed by atoms with Crippen molar-refractivity contribution in [1.82, 2.24) is 49.8 Å². The molecule has 6 heterocycles. The first-order valence-corrected chi connectivity index (χ1v) is 38.7. The minimum absolute atomic E-state index is 0.0296. The molecule has 8 amide bonds. The van der Waals surface area contributed by atoms with Crippen molar-refractivity contribution >= 4 is 47.6 Å². The van der Waals surface area contributed by atoms with Crippen LogP contribution < -0.4 is 10.6 Å². The summed E-state index contributed by atoms with van der Waals surface area (Å²) in [6, 6.07) is 39.2. The molecule has 30 heteroatoms. The number of carbonyl (C=O) groups is 6. The van der Waals surface area contributed by atoms with Crippen LogP contribution in [0, 0.1) is 23.3 Å². The molecule has 6 aromatic rings. The van der Waals surface area contributed by atoms with Crippen LogP contribution in [0.2, 0.25) is 0 Å². The molecule has 4 fully saturated rings. The molecule has 0 aromatic heterocycles. The summed E-state index contributed by atoms with van der Waals surface area (Å²) in [6.45, 7) is 11.7. The molecule has 4 N–H and O–H groups in total. The van der Waals surface area contributed by atoms with Crippen molar-refractivity contribution in [2.24, 2.45) is 0 Å². The maximum Gasteiger partial charge on any atom is 0.410 e. The number of aliphatic hydroxyl groups is 2. The van der Waals surface area contributed by atoms with Crippen LogP contribution in [-0.4, -0.2) is 253 Å². The molecule has 4 saturated heterocycles. The highest BCUT2D eigenvalue weighted by Crippen LogP contribution is 2.44. The van der Waals surface area contributed by atoms with Gasteiger partial charge >= 0.3 is 36.4 Å². The average molecular weight is 1620 g/mol. The zero-order chi connectivity index (χ0) is 84.4. The summed E-state index contributed by atoms with van der Waals surface area (Å²) in [4.78, 5) is 86.5. The number of piperidine rings is 4. The molecule has 12 rings (SSSR count). The Balaban J connectivity index is 0.000000178. The van der Waals surface area contributed by atoms with E-state index in [9.17, 15) is 74.1 Å². The minimum atomic E-state index is -1.36. The second-order valence-electron chi connectivity index (χ2n) is 31.5. The van der Waals surface area contributed by atoms with E-state index < -0.39 is 144 Å². The number of ether oxygens (including phenoxy) is 4. The fourth-order valence-electron chi connectivity index (χ4n) is 14.8. The van der Waals surface area contributed by atoms with Gasteiger partial charge in [-0.1, -0.05) is 121 Å². The van der Waals surface area contributed by atoms with Gasteiger partial charge in [-0.05, 0) is 162 Å². The van der Waals surface area contributed by atoms with Crippen LogP contribution in [0.15, 0.2) is 170 Å². The number of alkyl halides is 4. The van der Waals surface area contributed by atoms with Crippen molar-refractivity contribution in [3.8, 4) is 0 Å². The Morgan fingerprint density at radius 1 is 0.457 bits per heavy atom. The zero-order valence-electron chi connectivity index (χ0n) is 67.1. The van der Waals surface area contributed by atoms with Gasteiger partial charge in [0.2, 0.25) is 0 Å². The Hall–Kier alpha value is -10.3. The smallest absolute Gasteiger partial charge is 0.410 e. The van der Waals surface area contributed by atoms with Gasteiger partial charge in [0, 0.05) is 78.6 Å². The largest absolute Gasteiger partial charge is 0.445 e. The van der Waals surface area contributed by atoms with Gasteiger partial charge in [-0.2, -0.15) is 0 Å². The van der Waals surface area contributed by atoms with E-state index in [1.165, 1.54) is 53.3 Å². The Morgan fingerprint density at radius 2 is 0.784 bits per heavy atom. The Morgan fingerprint density at radius 3 is 1.09 bits per heavy atom. The number of nitrogens with one attached hydrogen (secondary N) is 2. The first-order chi connectivity index (χ1) is 55.1. The Labute approximate surface area is 672 Å². The van der Waals surface area contributed by atoms with Crippen molar-refractivity contribution in [2.45, 2.75) is 152 Å². The summed E-state index contributed by atoms with van der Waals surface area (Å²) in [6.07, 6.45) is -2.60. The van der Waals surface area contributed by atoms with Crippen molar-refractivity contribution in [3.05, 3.63) is 227 Å². The average Bonchev–Trinajstić information content (AvgIpc) is 1.59. The zero-order valence-corrected chi connectivity index (χ0v) is 67.1. The molecule has 6 aromatic carbocycles. The van der Waals surface area contributed by atoms with Crippen molar-refractivity contribution in [3.63, 3.8) is 0 Å². The molecule has 0 aliphatic carbocycles. The number of nitrogens with zero attached hydrogens (tertiary/aromatic N) is 8. The van der Waals surface area contributed by atoms with E-state index in [0.29, 0.717) is 74.1 Å². The second-order valence-corrected chi connectivity index (χ2v) is 31.5. The van der Waals surface area contributed by atoms with Crippen LogP contribution in [0.3, 0.4) is 0 Å². The maximum absolute atomic E-state index is 14.6. The van der Waals surface area contributed by atoms with Crippen LogP contribution in [0.5, 0.6) is 0 Å². The van der Waals surface area contributed by atoms with Gasteiger partial charge in [-0.25, -0.2) is 63.9 Å². The molecule has 628 valence electrons. The number of hydrogen-bond acceptors (Lipinski definition) is 14. The van der Waals surface area contributed by atoms with E-state index in [1.807, 2.05) is 60.7 Å². The van der Waals surface area contributed by atoms with E-state index in [0.717, 1.165) is 47.5 Å². The number of aliphatic hydroxyl groups excluding tert-OH is 2. The van der Waals surface area contributed by atoms with Gasteiger partial charge in [0.15, 0.2) is 0 Å². The van der Waals surface area contributed by atoms with Gasteiger partial charge in [-0.3, -0.25) is 0 Å². The molecule has 0 saturated carbocycles. The number of urea groups is 2. The molecule has 0 radical (unpaired) electrons. The van der Waals surface area contributed by atoms with Crippen LogP contribution in [0.1, 0.15) is 101 Å². The lowest BCUT2D eigenvalue weighted by molar-refractivity contribution is -0.00383. The summed E-state index contributed by atoms with van der Waals surface area (Å²) in [7, 11) is 6.13. The van der Waals surface area contributed by atoms with Gasteiger partial charge < -0.3 is 79.0 Å².